The summed E-state index contributed by atoms with van der Waals surface area (Å²) in [7, 11) is 1.20. The van der Waals surface area contributed by atoms with E-state index in [4.69, 9.17) is 10.5 Å². The lowest BCUT2D eigenvalue weighted by Gasteiger charge is -2.18. The van der Waals surface area contributed by atoms with Crippen molar-refractivity contribution >= 4 is 17.6 Å². The second-order valence-electron chi connectivity index (χ2n) is 5.16. The van der Waals surface area contributed by atoms with Crippen LogP contribution in [0.5, 0.6) is 5.75 Å². The Labute approximate surface area is 137 Å². The number of nitrogens with zero attached hydrogens (tertiary/aromatic N) is 1. The Balaban J connectivity index is 2.36. The number of amides is 2. The molecule has 0 saturated carbocycles. The SMILES string of the molecule is COc1ccc(-n2c(N)c3c(cc2=O)C(=O)NC3=O)c(C(F)(F)F)c1. The molecule has 2 aromatic rings. The molecule has 0 fully saturated rings. The number of anilines is 1. The number of imide groups is 1. The number of nitrogens with two attached hydrogens (primary N) is 1. The number of fused-ring (bicyclic) bond motifs is 1. The second kappa shape index (κ2) is 5.36. The Morgan fingerprint density at radius 3 is 2.40 bits per heavy atom. The van der Waals surface area contributed by atoms with Crippen molar-refractivity contribution in [3.8, 4) is 11.4 Å². The van der Waals surface area contributed by atoms with Crippen LogP contribution in [0, 0.1) is 0 Å². The summed E-state index contributed by atoms with van der Waals surface area (Å²) in [5.74, 6) is -2.34. The number of pyridine rings is 1. The largest absolute Gasteiger partial charge is 0.497 e. The lowest BCUT2D eigenvalue weighted by atomic mass is 10.1. The Morgan fingerprint density at radius 1 is 1.12 bits per heavy atom. The average Bonchev–Trinajstić information content (AvgIpc) is 2.80. The van der Waals surface area contributed by atoms with Gasteiger partial charge in [-0.1, -0.05) is 0 Å². The fourth-order valence-electron chi connectivity index (χ4n) is 2.59. The molecule has 0 bridgehead atoms. The number of nitrogen functional groups attached to an aromatic ring is 1. The summed E-state index contributed by atoms with van der Waals surface area (Å²) in [5.41, 5.74) is 2.41. The summed E-state index contributed by atoms with van der Waals surface area (Å²) >= 11 is 0. The predicted molar refractivity (Wildman–Crippen MR) is 79.8 cm³/mol. The van der Waals surface area contributed by atoms with Crippen LogP contribution in [0.2, 0.25) is 0 Å². The van der Waals surface area contributed by atoms with E-state index in [1.54, 1.807) is 0 Å². The van der Waals surface area contributed by atoms with E-state index in [1.807, 2.05) is 5.32 Å². The van der Waals surface area contributed by atoms with Crippen molar-refractivity contribution in [2.24, 2.45) is 0 Å². The van der Waals surface area contributed by atoms with Gasteiger partial charge in [0.15, 0.2) is 0 Å². The molecule has 0 saturated heterocycles. The van der Waals surface area contributed by atoms with Gasteiger partial charge in [0.25, 0.3) is 17.4 Å². The van der Waals surface area contributed by atoms with E-state index in [0.29, 0.717) is 10.6 Å². The number of hydrogen-bond acceptors (Lipinski definition) is 5. The maximum Gasteiger partial charge on any atom is 0.418 e. The van der Waals surface area contributed by atoms with E-state index in [9.17, 15) is 27.6 Å². The molecule has 0 spiro atoms. The fraction of sp³-hybridized carbons (Fsp3) is 0.133. The van der Waals surface area contributed by atoms with Crippen LogP contribution in [0.1, 0.15) is 26.3 Å². The van der Waals surface area contributed by atoms with E-state index < -0.39 is 40.6 Å². The number of carbonyl (C=O) groups excluding carboxylic acids is 2. The number of carbonyl (C=O) groups is 2. The fourth-order valence-corrected chi connectivity index (χ4v) is 2.59. The minimum absolute atomic E-state index is 0.0724. The van der Waals surface area contributed by atoms with Crippen molar-refractivity contribution in [2.75, 3.05) is 12.8 Å². The third kappa shape index (κ3) is 2.51. The second-order valence-corrected chi connectivity index (χ2v) is 5.16. The molecule has 1 aromatic carbocycles. The summed E-state index contributed by atoms with van der Waals surface area (Å²) in [6, 6.07) is 3.70. The molecule has 3 rings (SSSR count). The van der Waals surface area contributed by atoms with Gasteiger partial charge < -0.3 is 10.5 Å². The highest BCUT2D eigenvalue weighted by Gasteiger charge is 2.37. The van der Waals surface area contributed by atoms with E-state index in [2.05, 4.69) is 0 Å². The Hall–Kier alpha value is -3.30. The first-order valence-electron chi connectivity index (χ1n) is 6.82. The molecular formula is C15H10F3N3O4. The zero-order valence-corrected chi connectivity index (χ0v) is 12.6. The van der Waals surface area contributed by atoms with Gasteiger partial charge >= 0.3 is 6.18 Å². The van der Waals surface area contributed by atoms with Crippen molar-refractivity contribution in [3.05, 3.63) is 51.3 Å². The van der Waals surface area contributed by atoms with Crippen LogP contribution in [0.3, 0.4) is 0 Å². The van der Waals surface area contributed by atoms with Gasteiger partial charge in [-0.05, 0) is 18.2 Å². The van der Waals surface area contributed by atoms with Gasteiger partial charge in [-0.15, -0.1) is 0 Å². The topological polar surface area (TPSA) is 103 Å². The molecule has 130 valence electrons. The highest BCUT2D eigenvalue weighted by atomic mass is 19.4. The van der Waals surface area contributed by atoms with Crippen molar-refractivity contribution in [3.63, 3.8) is 0 Å². The maximum atomic E-state index is 13.4. The Bertz CT molecular complexity index is 979. The summed E-state index contributed by atoms with van der Waals surface area (Å²) in [4.78, 5) is 35.7. The number of nitrogens with one attached hydrogen (secondary N) is 1. The van der Waals surface area contributed by atoms with Crippen molar-refractivity contribution in [1.29, 1.82) is 0 Å². The summed E-state index contributed by atoms with van der Waals surface area (Å²) in [5, 5.41) is 1.94. The van der Waals surface area contributed by atoms with Crippen LogP contribution in [0.25, 0.3) is 5.69 Å². The monoisotopic (exact) mass is 353 g/mol. The Kier molecular flexibility index (Phi) is 3.55. The van der Waals surface area contributed by atoms with Crippen LogP contribution < -0.4 is 21.3 Å². The average molecular weight is 353 g/mol. The zero-order chi connectivity index (χ0) is 18.5. The number of methoxy groups -OCH3 is 1. The van der Waals surface area contributed by atoms with E-state index in [-0.39, 0.29) is 16.9 Å². The van der Waals surface area contributed by atoms with Gasteiger partial charge in [0, 0.05) is 6.07 Å². The third-order valence-electron chi connectivity index (χ3n) is 3.70. The molecule has 7 nitrogen and oxygen atoms in total. The number of hydrogen-bond donors (Lipinski definition) is 2. The van der Waals surface area contributed by atoms with Crippen LogP contribution in [0.4, 0.5) is 19.0 Å². The number of rotatable bonds is 2. The first-order valence-corrected chi connectivity index (χ1v) is 6.82. The molecule has 3 N–H and O–H groups in total. The lowest BCUT2D eigenvalue weighted by Crippen LogP contribution is -2.26. The molecule has 0 radical (unpaired) electrons. The van der Waals surface area contributed by atoms with Crippen molar-refractivity contribution < 1.29 is 27.5 Å². The molecule has 0 unspecified atom stereocenters. The van der Waals surface area contributed by atoms with Crippen LogP contribution in [-0.4, -0.2) is 23.5 Å². The van der Waals surface area contributed by atoms with Crippen molar-refractivity contribution in [2.45, 2.75) is 6.18 Å². The molecule has 2 heterocycles. The highest BCUT2D eigenvalue weighted by Crippen LogP contribution is 2.37. The van der Waals surface area contributed by atoms with Crippen LogP contribution in [0.15, 0.2) is 29.1 Å². The first-order chi connectivity index (χ1) is 11.6. The summed E-state index contributed by atoms with van der Waals surface area (Å²) in [6.45, 7) is 0. The minimum atomic E-state index is -4.81. The number of benzene rings is 1. The molecule has 25 heavy (non-hydrogen) atoms. The van der Waals surface area contributed by atoms with E-state index >= 15 is 0 Å². The molecule has 1 aliphatic rings. The number of ether oxygens (including phenoxy) is 1. The van der Waals surface area contributed by atoms with Gasteiger partial charge in [0.2, 0.25) is 0 Å². The summed E-state index contributed by atoms with van der Waals surface area (Å²) in [6.07, 6.45) is -4.81. The van der Waals surface area contributed by atoms with Crippen LogP contribution >= 0.6 is 0 Å². The normalized spacial score (nSPS) is 13.6. The van der Waals surface area contributed by atoms with Crippen LogP contribution in [-0.2, 0) is 6.18 Å². The van der Waals surface area contributed by atoms with Gasteiger partial charge in [0.1, 0.15) is 11.6 Å². The molecule has 0 aliphatic carbocycles. The highest BCUT2D eigenvalue weighted by molar-refractivity contribution is 6.23. The van der Waals surface area contributed by atoms with E-state index in [0.717, 1.165) is 12.1 Å². The maximum absolute atomic E-state index is 13.4. The van der Waals surface area contributed by atoms with Gasteiger partial charge in [-0.25, -0.2) is 0 Å². The molecule has 1 aliphatic heterocycles. The Morgan fingerprint density at radius 2 is 1.80 bits per heavy atom. The third-order valence-corrected chi connectivity index (χ3v) is 3.70. The standard InChI is InChI=1S/C15H10F3N3O4/c1-25-6-2-3-9(8(4-6)15(16,17)18)21-10(22)5-7-11(12(21)19)14(24)20-13(7)23/h2-5H,19H2,1H3,(H,20,23,24). The lowest BCUT2D eigenvalue weighted by molar-refractivity contribution is -0.137. The molecule has 1 aromatic heterocycles. The van der Waals surface area contributed by atoms with Gasteiger partial charge in [0.05, 0.1) is 29.5 Å². The number of halogens is 3. The number of alkyl halides is 3. The quantitative estimate of drug-likeness (QED) is 0.793. The van der Waals surface area contributed by atoms with E-state index in [1.165, 1.54) is 13.2 Å². The number of aromatic nitrogens is 1. The van der Waals surface area contributed by atoms with Gasteiger partial charge in [-0.2, -0.15) is 13.2 Å². The molecule has 0 atom stereocenters. The molecule has 2 amide bonds. The van der Waals surface area contributed by atoms with Crippen molar-refractivity contribution in [1.82, 2.24) is 9.88 Å². The molecule has 10 heteroatoms. The minimum Gasteiger partial charge on any atom is -0.497 e. The smallest absolute Gasteiger partial charge is 0.418 e. The predicted octanol–water partition coefficient (Wildman–Crippen LogP) is 1.33. The zero-order valence-electron chi connectivity index (χ0n) is 12.6. The first kappa shape index (κ1) is 16.6. The molecular weight excluding hydrogens is 343 g/mol. The summed E-state index contributed by atoms with van der Waals surface area (Å²) < 4.78 is 45.5. The van der Waals surface area contributed by atoms with Gasteiger partial charge in [-0.3, -0.25) is 24.3 Å².